The number of carbonyl (C=O) groups is 1. The molecule has 2 aromatic carbocycles. The van der Waals surface area contributed by atoms with Crippen LogP contribution in [0.15, 0.2) is 84.0 Å². The molecule has 240 valence electrons. The molecular formula is C38H43N3O4S. The van der Waals surface area contributed by atoms with Gasteiger partial charge in [0.15, 0.2) is 0 Å². The fraction of sp³-hybridized carbons (Fsp3) is 0.342. The summed E-state index contributed by atoms with van der Waals surface area (Å²) < 4.78 is 13.8. The second-order valence-electron chi connectivity index (χ2n) is 13.2. The maximum Gasteiger partial charge on any atom is 0.309 e. The average molecular weight is 638 g/mol. The second-order valence-corrected chi connectivity index (χ2v) is 15.0. The van der Waals surface area contributed by atoms with Gasteiger partial charge < -0.3 is 19.1 Å². The van der Waals surface area contributed by atoms with E-state index in [2.05, 4.69) is 84.7 Å². The first kappa shape index (κ1) is 33.1. The molecule has 46 heavy (non-hydrogen) atoms. The number of aliphatic carboxylic acids is 1. The van der Waals surface area contributed by atoms with Crippen molar-refractivity contribution < 1.29 is 19.4 Å². The molecule has 0 aliphatic heterocycles. The van der Waals surface area contributed by atoms with E-state index >= 15 is 0 Å². The number of benzene rings is 2. The minimum atomic E-state index is -0.961. The zero-order valence-corrected chi connectivity index (χ0v) is 28.6. The Labute approximate surface area is 276 Å². The molecule has 0 atom stereocenters. The van der Waals surface area contributed by atoms with E-state index < -0.39 is 11.4 Å². The number of aryl methyl sites for hydroxylation is 1. The molecule has 3 heterocycles. The summed E-state index contributed by atoms with van der Waals surface area (Å²) in [6, 6.07) is 22.4. The Balaban J connectivity index is 1.56. The quantitative estimate of drug-likeness (QED) is 0.137. The summed E-state index contributed by atoms with van der Waals surface area (Å²) >= 11 is 1.77. The summed E-state index contributed by atoms with van der Waals surface area (Å²) in [6.45, 7) is 13.2. The number of rotatable bonds is 12. The van der Waals surface area contributed by atoms with Crippen LogP contribution in [0.2, 0.25) is 0 Å². The molecule has 0 radical (unpaired) electrons. The smallest absolute Gasteiger partial charge is 0.309 e. The second kappa shape index (κ2) is 13.6. The number of methoxy groups -OCH3 is 1. The molecular weight excluding hydrogens is 595 g/mol. The van der Waals surface area contributed by atoms with Gasteiger partial charge in [-0.1, -0.05) is 58.0 Å². The standard InChI is InChI=1S/C38H43N3O4S/c1-8-25-11-14-28(40-22-25)24-45-30-15-16-33-31(19-30)35(46-37(2,3)4)34(21-38(5,6)36(42)43)41(33)23-26-9-12-27(13-10-26)32-20-29(44-7)17-18-39-32/h9-20,22H,8,21,23-24H2,1-7H3,(H,42,43). The fourth-order valence-corrected chi connectivity index (χ4v) is 6.47. The maximum absolute atomic E-state index is 12.4. The molecule has 7 nitrogen and oxygen atoms in total. The number of fused-ring (bicyclic) bond motifs is 1. The van der Waals surface area contributed by atoms with E-state index in [9.17, 15) is 9.90 Å². The normalized spacial score (nSPS) is 12.0. The highest BCUT2D eigenvalue weighted by atomic mass is 32.2. The first-order valence-corrected chi connectivity index (χ1v) is 16.4. The van der Waals surface area contributed by atoms with Crippen LogP contribution in [0, 0.1) is 5.41 Å². The maximum atomic E-state index is 12.4. The van der Waals surface area contributed by atoms with Crippen molar-refractivity contribution in [1.82, 2.24) is 14.5 Å². The molecule has 0 aliphatic rings. The van der Waals surface area contributed by atoms with Gasteiger partial charge in [0, 0.05) is 63.2 Å². The molecule has 5 rings (SSSR count). The summed E-state index contributed by atoms with van der Waals surface area (Å²) in [5.74, 6) is 0.689. The van der Waals surface area contributed by atoms with Crippen LogP contribution in [0.1, 0.15) is 64.1 Å². The molecule has 0 amide bonds. The van der Waals surface area contributed by atoms with Crippen molar-refractivity contribution in [3.8, 4) is 22.8 Å². The number of pyridine rings is 2. The van der Waals surface area contributed by atoms with Gasteiger partial charge in [-0.25, -0.2) is 0 Å². The number of hydrogen-bond donors (Lipinski definition) is 1. The van der Waals surface area contributed by atoms with E-state index in [0.29, 0.717) is 19.6 Å². The van der Waals surface area contributed by atoms with Crippen molar-refractivity contribution >= 4 is 28.6 Å². The van der Waals surface area contributed by atoms with Crippen LogP contribution < -0.4 is 9.47 Å². The average Bonchev–Trinajstić information content (AvgIpc) is 3.29. The Morgan fingerprint density at radius 1 is 0.913 bits per heavy atom. The third-order valence-corrected chi connectivity index (χ3v) is 9.20. The van der Waals surface area contributed by atoms with E-state index in [1.165, 1.54) is 5.56 Å². The van der Waals surface area contributed by atoms with Crippen LogP contribution in [0.5, 0.6) is 11.5 Å². The third kappa shape index (κ3) is 7.73. The van der Waals surface area contributed by atoms with Crippen molar-refractivity contribution in [3.05, 3.63) is 102 Å². The monoisotopic (exact) mass is 637 g/mol. The summed E-state index contributed by atoms with van der Waals surface area (Å²) in [5.41, 5.74) is 6.10. The lowest BCUT2D eigenvalue weighted by atomic mass is 9.88. The third-order valence-electron chi connectivity index (χ3n) is 7.93. The van der Waals surface area contributed by atoms with Crippen molar-refractivity contribution in [1.29, 1.82) is 0 Å². The molecule has 0 saturated carbocycles. The van der Waals surface area contributed by atoms with E-state index in [1.807, 2.05) is 30.5 Å². The van der Waals surface area contributed by atoms with Crippen molar-refractivity contribution in [2.75, 3.05) is 7.11 Å². The van der Waals surface area contributed by atoms with E-state index in [1.54, 1.807) is 38.9 Å². The molecule has 0 unspecified atom stereocenters. The van der Waals surface area contributed by atoms with Gasteiger partial charge in [-0.15, -0.1) is 11.8 Å². The fourth-order valence-electron chi connectivity index (χ4n) is 5.28. The molecule has 0 saturated heterocycles. The highest BCUT2D eigenvalue weighted by molar-refractivity contribution is 8.00. The van der Waals surface area contributed by atoms with Crippen LogP contribution in [0.25, 0.3) is 22.2 Å². The molecule has 5 aromatic rings. The molecule has 0 fully saturated rings. The van der Waals surface area contributed by atoms with Crippen molar-refractivity contribution in [2.24, 2.45) is 5.41 Å². The Kier molecular flexibility index (Phi) is 9.77. The molecule has 0 aliphatic carbocycles. The molecule has 3 aromatic heterocycles. The lowest BCUT2D eigenvalue weighted by Gasteiger charge is -2.24. The lowest BCUT2D eigenvalue weighted by Crippen LogP contribution is -2.28. The number of thioether (sulfide) groups is 1. The zero-order chi connectivity index (χ0) is 33.1. The molecule has 1 N–H and O–H groups in total. The Hall–Kier alpha value is -4.30. The van der Waals surface area contributed by atoms with E-state index in [4.69, 9.17) is 9.47 Å². The predicted molar refractivity (Wildman–Crippen MR) is 186 cm³/mol. The SMILES string of the molecule is CCc1ccc(COc2ccc3c(c2)c(SC(C)(C)C)c(CC(C)(C)C(=O)O)n3Cc2ccc(-c3cc(OC)ccn3)cc2)nc1. The Morgan fingerprint density at radius 2 is 1.65 bits per heavy atom. The van der Waals surface area contributed by atoms with Gasteiger partial charge >= 0.3 is 5.97 Å². The van der Waals surface area contributed by atoms with Gasteiger partial charge in [0.2, 0.25) is 0 Å². The molecule has 8 heteroatoms. The van der Waals surface area contributed by atoms with Crippen LogP contribution in [0.3, 0.4) is 0 Å². The largest absolute Gasteiger partial charge is 0.497 e. The minimum absolute atomic E-state index is 0.103. The van der Waals surface area contributed by atoms with E-state index in [0.717, 1.165) is 61.9 Å². The van der Waals surface area contributed by atoms with Gasteiger partial charge in [-0.05, 0) is 61.7 Å². The number of carboxylic acid groups (broad SMARTS) is 1. The Bertz CT molecular complexity index is 1820. The van der Waals surface area contributed by atoms with Gasteiger partial charge in [0.05, 0.1) is 23.9 Å². The van der Waals surface area contributed by atoms with E-state index in [-0.39, 0.29) is 4.75 Å². The minimum Gasteiger partial charge on any atom is -0.497 e. The van der Waals surface area contributed by atoms with Crippen LogP contribution >= 0.6 is 11.8 Å². The topological polar surface area (TPSA) is 86.5 Å². The summed E-state index contributed by atoms with van der Waals surface area (Å²) in [5, 5.41) is 11.2. The molecule has 0 spiro atoms. The summed E-state index contributed by atoms with van der Waals surface area (Å²) in [4.78, 5) is 22.5. The number of aromatic nitrogens is 3. The van der Waals surface area contributed by atoms with Gasteiger partial charge in [-0.2, -0.15) is 0 Å². The number of hydrogen-bond acceptors (Lipinski definition) is 6. The summed E-state index contributed by atoms with van der Waals surface area (Å²) in [7, 11) is 1.65. The van der Waals surface area contributed by atoms with Gasteiger partial charge in [0.1, 0.15) is 18.1 Å². The number of carboxylic acids is 1. The Morgan fingerprint density at radius 3 is 2.28 bits per heavy atom. The van der Waals surface area contributed by atoms with Crippen LogP contribution in [0.4, 0.5) is 0 Å². The first-order chi connectivity index (χ1) is 21.9. The number of ether oxygens (including phenoxy) is 2. The highest BCUT2D eigenvalue weighted by Crippen LogP contribution is 2.44. The predicted octanol–water partition coefficient (Wildman–Crippen LogP) is 8.84. The van der Waals surface area contributed by atoms with Gasteiger partial charge in [-0.3, -0.25) is 14.8 Å². The van der Waals surface area contributed by atoms with Crippen molar-refractivity contribution in [2.45, 2.75) is 77.2 Å². The van der Waals surface area contributed by atoms with Crippen LogP contribution in [-0.2, 0) is 30.8 Å². The molecule has 0 bridgehead atoms. The first-order valence-electron chi connectivity index (χ1n) is 15.6. The van der Waals surface area contributed by atoms with Crippen LogP contribution in [-0.4, -0.2) is 37.5 Å². The van der Waals surface area contributed by atoms with Gasteiger partial charge in [0.25, 0.3) is 0 Å². The van der Waals surface area contributed by atoms with Crippen molar-refractivity contribution in [3.63, 3.8) is 0 Å². The summed E-state index contributed by atoms with van der Waals surface area (Å²) in [6.07, 6.45) is 4.97. The highest BCUT2D eigenvalue weighted by Gasteiger charge is 2.33. The number of nitrogens with zero attached hydrogens (tertiary/aromatic N) is 3. The zero-order valence-electron chi connectivity index (χ0n) is 27.8. The lowest BCUT2D eigenvalue weighted by molar-refractivity contribution is -0.146.